The number of hydrogen-bond acceptors (Lipinski definition) is 6. The summed E-state index contributed by atoms with van der Waals surface area (Å²) in [4.78, 5) is 31.1. The highest BCUT2D eigenvalue weighted by atomic mass is 19.4. The van der Waals surface area contributed by atoms with Crippen LogP contribution in [0.25, 0.3) is 16.9 Å². The second kappa shape index (κ2) is 8.17. The number of nitrogens with two attached hydrogens (primary N) is 1. The Morgan fingerprint density at radius 3 is 2.54 bits per heavy atom. The van der Waals surface area contributed by atoms with E-state index < -0.39 is 36.1 Å². The van der Waals surface area contributed by atoms with E-state index in [1.807, 2.05) is 0 Å². The third kappa shape index (κ3) is 4.26. The number of nitrogen functional groups attached to an aromatic ring is 1. The van der Waals surface area contributed by atoms with Crippen molar-refractivity contribution >= 4 is 23.4 Å². The van der Waals surface area contributed by atoms with Crippen molar-refractivity contribution in [2.45, 2.75) is 44.4 Å². The fraction of sp³-hybridized carbons (Fsp3) is 0.364. The standard InChI is InChI=1S/C22H19F5N4O4/c1-9-3-4-10(21(2,19(23)24)35-20(34)22(25,26)27)5-11(9)15-7-29-17-16(28)30-14(8-31(15)17)12-6-13(12)18(32)33/h3-5,7-8,12-13,19H,6H2,1-2H3,(H2,28,30)(H,32,33). The van der Waals surface area contributed by atoms with Gasteiger partial charge >= 0.3 is 18.1 Å². The number of carbonyl (C=O) groups excluding carboxylic acids is 1. The summed E-state index contributed by atoms with van der Waals surface area (Å²) >= 11 is 0. The zero-order valence-corrected chi connectivity index (χ0v) is 18.3. The third-order valence-electron chi connectivity index (χ3n) is 6.06. The first kappa shape index (κ1) is 24.4. The fourth-order valence-electron chi connectivity index (χ4n) is 3.89. The summed E-state index contributed by atoms with van der Waals surface area (Å²) in [5.41, 5.74) is 4.60. The SMILES string of the molecule is Cc1ccc(C(C)(OC(=O)C(F)(F)F)C(F)F)cc1-c1cnc2c(N)nc(C3CC3C(=O)O)cn12. The normalized spacial score (nSPS) is 19.5. The number of nitrogens with zero attached hydrogens (tertiary/aromatic N) is 3. The Morgan fingerprint density at radius 1 is 1.29 bits per heavy atom. The Morgan fingerprint density at radius 2 is 1.97 bits per heavy atom. The van der Waals surface area contributed by atoms with Gasteiger partial charge in [-0.05, 0) is 31.9 Å². The number of alkyl halides is 5. The molecule has 0 radical (unpaired) electrons. The van der Waals surface area contributed by atoms with Crippen molar-refractivity contribution in [3.63, 3.8) is 0 Å². The zero-order chi connectivity index (χ0) is 25.9. The minimum Gasteiger partial charge on any atom is -0.481 e. The van der Waals surface area contributed by atoms with Gasteiger partial charge in [0.1, 0.15) is 0 Å². The van der Waals surface area contributed by atoms with Crippen molar-refractivity contribution in [2.24, 2.45) is 5.92 Å². The Labute approximate surface area is 194 Å². The van der Waals surface area contributed by atoms with Crippen LogP contribution < -0.4 is 5.73 Å². The van der Waals surface area contributed by atoms with Gasteiger partial charge in [0.05, 0.1) is 23.5 Å². The first-order valence-corrected chi connectivity index (χ1v) is 10.3. The molecule has 3 unspecified atom stereocenters. The van der Waals surface area contributed by atoms with E-state index in [1.54, 1.807) is 13.1 Å². The topological polar surface area (TPSA) is 120 Å². The number of aryl methyl sites for hydroxylation is 1. The lowest BCUT2D eigenvalue weighted by Crippen LogP contribution is -2.41. The number of ether oxygens (including phenoxy) is 1. The van der Waals surface area contributed by atoms with Crippen molar-refractivity contribution < 1.29 is 41.4 Å². The van der Waals surface area contributed by atoms with Crippen molar-refractivity contribution in [3.05, 3.63) is 47.4 Å². The molecule has 1 aliphatic rings. The zero-order valence-electron chi connectivity index (χ0n) is 18.3. The number of carboxylic acids is 1. The highest BCUT2D eigenvalue weighted by Crippen LogP contribution is 2.47. The predicted molar refractivity (Wildman–Crippen MR) is 112 cm³/mol. The molecule has 186 valence electrons. The van der Waals surface area contributed by atoms with E-state index >= 15 is 0 Å². The summed E-state index contributed by atoms with van der Waals surface area (Å²) in [7, 11) is 0. The molecule has 0 aliphatic heterocycles. The van der Waals surface area contributed by atoms with Gasteiger partial charge in [0.2, 0.25) is 0 Å². The van der Waals surface area contributed by atoms with Crippen LogP contribution >= 0.6 is 0 Å². The molecule has 1 saturated carbocycles. The number of aromatic nitrogens is 3. The smallest absolute Gasteiger partial charge is 0.481 e. The number of anilines is 1. The summed E-state index contributed by atoms with van der Waals surface area (Å²) < 4.78 is 71.8. The van der Waals surface area contributed by atoms with E-state index in [1.165, 1.54) is 22.7 Å². The van der Waals surface area contributed by atoms with Crippen molar-refractivity contribution in [3.8, 4) is 11.3 Å². The molecular weight excluding hydrogens is 479 g/mol. The van der Waals surface area contributed by atoms with Crippen LogP contribution in [-0.2, 0) is 19.9 Å². The first-order chi connectivity index (χ1) is 16.2. The second-order valence-corrected chi connectivity index (χ2v) is 8.50. The van der Waals surface area contributed by atoms with Crippen molar-refractivity contribution in [1.82, 2.24) is 14.4 Å². The van der Waals surface area contributed by atoms with E-state index in [0.717, 1.165) is 6.07 Å². The minimum atomic E-state index is -5.46. The molecule has 2 heterocycles. The van der Waals surface area contributed by atoms with Crippen LogP contribution in [-0.4, -0.2) is 44.0 Å². The number of carbonyl (C=O) groups is 2. The van der Waals surface area contributed by atoms with E-state index in [9.17, 15) is 36.6 Å². The van der Waals surface area contributed by atoms with E-state index in [-0.39, 0.29) is 22.9 Å². The number of hydrogen-bond donors (Lipinski definition) is 2. The second-order valence-electron chi connectivity index (χ2n) is 8.50. The number of imidazole rings is 1. The summed E-state index contributed by atoms with van der Waals surface area (Å²) in [6, 6.07) is 3.75. The Balaban J connectivity index is 1.81. The number of esters is 1. The molecule has 0 bridgehead atoms. The van der Waals surface area contributed by atoms with Gasteiger partial charge in [-0.1, -0.05) is 12.1 Å². The number of benzene rings is 1. The molecule has 4 rings (SSSR count). The molecule has 0 amide bonds. The number of rotatable bonds is 6. The van der Waals surface area contributed by atoms with E-state index in [4.69, 9.17) is 5.73 Å². The summed E-state index contributed by atoms with van der Waals surface area (Å²) in [6.07, 6.45) is -5.62. The molecule has 3 aromatic rings. The highest BCUT2D eigenvalue weighted by molar-refractivity contribution is 5.77. The monoisotopic (exact) mass is 498 g/mol. The quantitative estimate of drug-likeness (QED) is 0.389. The summed E-state index contributed by atoms with van der Waals surface area (Å²) in [5, 5.41) is 9.22. The van der Waals surface area contributed by atoms with Crippen molar-refractivity contribution in [2.75, 3.05) is 5.73 Å². The highest BCUT2D eigenvalue weighted by Gasteiger charge is 2.49. The Kier molecular flexibility index (Phi) is 5.68. The summed E-state index contributed by atoms with van der Waals surface area (Å²) in [6.45, 7) is 2.34. The van der Waals surface area contributed by atoms with Crippen LogP contribution in [0, 0.1) is 12.8 Å². The molecule has 1 aliphatic carbocycles. The molecule has 3 atom stereocenters. The van der Waals surface area contributed by atoms with Crippen LogP contribution in [0.2, 0.25) is 0 Å². The average Bonchev–Trinajstić information content (AvgIpc) is 3.46. The van der Waals surface area contributed by atoms with Crippen LogP contribution in [0.4, 0.5) is 27.8 Å². The van der Waals surface area contributed by atoms with Gasteiger partial charge in [-0.25, -0.2) is 23.5 Å². The Hall–Kier alpha value is -3.77. The van der Waals surface area contributed by atoms with E-state index in [2.05, 4.69) is 14.7 Å². The number of halogens is 5. The van der Waals surface area contributed by atoms with Crippen molar-refractivity contribution in [1.29, 1.82) is 0 Å². The molecule has 3 N–H and O–H groups in total. The van der Waals surface area contributed by atoms with Crippen LogP contribution in [0.1, 0.15) is 36.1 Å². The maximum atomic E-state index is 13.9. The average molecular weight is 498 g/mol. The largest absolute Gasteiger partial charge is 0.490 e. The number of carboxylic acid groups (broad SMARTS) is 1. The predicted octanol–water partition coefficient (Wildman–Crippen LogP) is 4.06. The van der Waals surface area contributed by atoms with Gasteiger partial charge in [0, 0.05) is 23.2 Å². The molecule has 35 heavy (non-hydrogen) atoms. The molecule has 1 aromatic carbocycles. The van der Waals surface area contributed by atoms with E-state index in [0.29, 0.717) is 35.9 Å². The van der Waals surface area contributed by atoms with Crippen LogP contribution in [0.15, 0.2) is 30.6 Å². The lowest BCUT2D eigenvalue weighted by molar-refractivity contribution is -0.226. The first-order valence-electron chi connectivity index (χ1n) is 10.3. The maximum Gasteiger partial charge on any atom is 0.490 e. The van der Waals surface area contributed by atoms with Gasteiger partial charge < -0.3 is 15.6 Å². The Bertz CT molecular complexity index is 1340. The number of aliphatic carboxylic acids is 1. The lowest BCUT2D eigenvalue weighted by Gasteiger charge is -2.30. The lowest BCUT2D eigenvalue weighted by atomic mass is 9.91. The molecule has 0 spiro atoms. The third-order valence-corrected chi connectivity index (χ3v) is 6.06. The van der Waals surface area contributed by atoms with Crippen LogP contribution in [0.5, 0.6) is 0 Å². The minimum absolute atomic E-state index is 0.0233. The molecule has 0 saturated heterocycles. The van der Waals surface area contributed by atoms with Gasteiger partial charge in [0.25, 0.3) is 6.43 Å². The summed E-state index contributed by atoms with van der Waals surface area (Å²) in [5.74, 6) is -4.64. The van der Waals surface area contributed by atoms with Gasteiger partial charge in [-0.2, -0.15) is 13.2 Å². The molecule has 1 fully saturated rings. The molecule has 13 heteroatoms. The van der Waals surface area contributed by atoms with Gasteiger partial charge in [-0.3, -0.25) is 9.20 Å². The maximum absolute atomic E-state index is 13.9. The number of fused-ring (bicyclic) bond motifs is 1. The molecule has 2 aromatic heterocycles. The van der Waals surface area contributed by atoms with Gasteiger partial charge in [-0.15, -0.1) is 0 Å². The molecule has 8 nitrogen and oxygen atoms in total. The molecular formula is C22H19F5N4O4. The fourth-order valence-corrected chi connectivity index (χ4v) is 3.89. The van der Waals surface area contributed by atoms with Crippen LogP contribution in [0.3, 0.4) is 0 Å². The van der Waals surface area contributed by atoms with Gasteiger partial charge in [0.15, 0.2) is 17.1 Å².